The molecule has 0 saturated heterocycles. The monoisotopic (exact) mass is 292 g/mol. The fourth-order valence-corrected chi connectivity index (χ4v) is 2.23. The van der Waals surface area contributed by atoms with Crippen LogP contribution in [0.15, 0.2) is 24.3 Å². The van der Waals surface area contributed by atoms with Crippen molar-refractivity contribution in [1.29, 1.82) is 0 Å². The number of ether oxygens (including phenoxy) is 1. The Bertz CT molecular complexity index is 421. The van der Waals surface area contributed by atoms with Crippen molar-refractivity contribution in [1.82, 2.24) is 10.6 Å². The minimum Gasteiger partial charge on any atom is -0.493 e. The molecule has 0 aliphatic rings. The predicted molar refractivity (Wildman–Crippen MR) is 86.6 cm³/mol. The lowest BCUT2D eigenvalue weighted by Gasteiger charge is -2.20. The second-order valence-electron chi connectivity index (χ2n) is 5.08. The molecule has 4 heteroatoms. The zero-order chi connectivity index (χ0) is 15.5. The van der Waals surface area contributed by atoms with Gasteiger partial charge in [0, 0.05) is 25.1 Å². The number of carbonyl (C=O) groups is 1. The van der Waals surface area contributed by atoms with Gasteiger partial charge in [-0.3, -0.25) is 4.79 Å². The van der Waals surface area contributed by atoms with Gasteiger partial charge in [0.25, 0.3) is 0 Å². The third kappa shape index (κ3) is 6.17. The topological polar surface area (TPSA) is 50.4 Å². The fraction of sp³-hybridized carbons (Fsp3) is 0.588. The molecule has 1 rings (SSSR count). The van der Waals surface area contributed by atoms with Gasteiger partial charge in [-0.05, 0) is 31.9 Å². The molecule has 0 bridgehead atoms. The van der Waals surface area contributed by atoms with E-state index in [1.54, 1.807) is 7.05 Å². The molecule has 1 atom stereocenters. The molecule has 0 heterocycles. The van der Waals surface area contributed by atoms with E-state index in [0.29, 0.717) is 19.1 Å². The summed E-state index contributed by atoms with van der Waals surface area (Å²) >= 11 is 0. The highest BCUT2D eigenvalue weighted by molar-refractivity contribution is 5.75. The van der Waals surface area contributed by atoms with Crippen LogP contribution in [0, 0.1) is 0 Å². The van der Waals surface area contributed by atoms with Crippen LogP contribution in [-0.4, -0.2) is 26.1 Å². The zero-order valence-corrected chi connectivity index (χ0v) is 13.4. The molecule has 0 fully saturated rings. The molecule has 0 aliphatic carbocycles. The molecule has 4 nitrogen and oxygen atoms in total. The largest absolute Gasteiger partial charge is 0.493 e. The summed E-state index contributed by atoms with van der Waals surface area (Å²) in [5, 5.41) is 6.17. The Morgan fingerprint density at radius 1 is 1.29 bits per heavy atom. The van der Waals surface area contributed by atoms with Crippen LogP contribution in [0.5, 0.6) is 5.75 Å². The summed E-state index contributed by atoms with van der Waals surface area (Å²) in [7, 11) is 1.66. The Morgan fingerprint density at radius 3 is 2.71 bits per heavy atom. The molecule has 0 radical (unpaired) electrons. The second kappa shape index (κ2) is 10.2. The van der Waals surface area contributed by atoms with Crippen LogP contribution < -0.4 is 15.4 Å². The quantitative estimate of drug-likeness (QED) is 0.652. The molecule has 2 N–H and O–H groups in total. The van der Waals surface area contributed by atoms with Gasteiger partial charge in [0.2, 0.25) is 5.91 Å². The van der Waals surface area contributed by atoms with Crippen LogP contribution in [0.1, 0.15) is 51.1 Å². The third-order valence-electron chi connectivity index (χ3n) is 3.43. The van der Waals surface area contributed by atoms with Crippen molar-refractivity contribution in [3.63, 3.8) is 0 Å². The van der Waals surface area contributed by atoms with E-state index in [0.717, 1.165) is 31.6 Å². The molecule has 1 unspecified atom stereocenters. The Morgan fingerprint density at radius 2 is 2.05 bits per heavy atom. The van der Waals surface area contributed by atoms with Crippen LogP contribution in [0.3, 0.4) is 0 Å². The van der Waals surface area contributed by atoms with E-state index in [1.807, 2.05) is 18.2 Å². The van der Waals surface area contributed by atoms with Crippen molar-refractivity contribution in [2.75, 3.05) is 20.2 Å². The van der Waals surface area contributed by atoms with Crippen LogP contribution >= 0.6 is 0 Å². The summed E-state index contributed by atoms with van der Waals surface area (Å²) in [6.07, 6.45) is 3.38. The predicted octanol–water partition coefficient (Wildman–Crippen LogP) is 3.04. The molecule has 0 aliphatic heterocycles. The van der Waals surface area contributed by atoms with E-state index in [9.17, 15) is 4.79 Å². The van der Waals surface area contributed by atoms with Gasteiger partial charge in [-0.15, -0.1) is 0 Å². The highest BCUT2D eigenvalue weighted by Crippen LogP contribution is 2.27. The molecule has 1 amide bonds. The lowest BCUT2D eigenvalue weighted by atomic mass is 10.0. The normalized spacial score (nSPS) is 12.0. The van der Waals surface area contributed by atoms with E-state index in [1.165, 1.54) is 5.56 Å². The van der Waals surface area contributed by atoms with Crippen LogP contribution in [0.2, 0.25) is 0 Å². The third-order valence-corrected chi connectivity index (χ3v) is 3.43. The Kier molecular flexibility index (Phi) is 8.51. The first kappa shape index (κ1) is 17.5. The molecule has 118 valence electrons. The van der Waals surface area contributed by atoms with Crippen molar-refractivity contribution < 1.29 is 9.53 Å². The maximum atomic E-state index is 11.2. The Hall–Kier alpha value is -1.55. The van der Waals surface area contributed by atoms with Crippen LogP contribution in [0.4, 0.5) is 0 Å². The zero-order valence-electron chi connectivity index (χ0n) is 13.4. The lowest BCUT2D eigenvalue weighted by Crippen LogP contribution is -2.22. The van der Waals surface area contributed by atoms with Crippen molar-refractivity contribution in [3.05, 3.63) is 29.8 Å². The summed E-state index contributed by atoms with van der Waals surface area (Å²) in [4.78, 5) is 11.2. The van der Waals surface area contributed by atoms with Gasteiger partial charge < -0.3 is 15.4 Å². The number of carbonyl (C=O) groups excluding carboxylic acids is 1. The standard InChI is InChI=1S/C17H28N2O2/c1-4-12-19-15(5-2)14-9-6-7-10-16(14)21-13-8-11-17(20)18-3/h6-7,9-10,15,19H,4-5,8,11-13H2,1-3H3,(H,18,20). The Balaban J connectivity index is 2.59. The molecule has 1 aromatic rings. The van der Waals surface area contributed by atoms with Gasteiger partial charge >= 0.3 is 0 Å². The van der Waals surface area contributed by atoms with Crippen molar-refractivity contribution in [2.24, 2.45) is 0 Å². The Labute approximate surface area is 128 Å². The average molecular weight is 292 g/mol. The number of hydrogen-bond acceptors (Lipinski definition) is 3. The molecule has 0 saturated carbocycles. The first-order valence-corrected chi connectivity index (χ1v) is 7.88. The van der Waals surface area contributed by atoms with Gasteiger partial charge in [0.05, 0.1) is 6.61 Å². The fourth-order valence-electron chi connectivity index (χ4n) is 2.23. The minimum atomic E-state index is 0.0583. The highest BCUT2D eigenvalue weighted by atomic mass is 16.5. The number of amides is 1. The van der Waals surface area contributed by atoms with Gasteiger partial charge in [-0.1, -0.05) is 32.0 Å². The number of benzene rings is 1. The molecular weight excluding hydrogens is 264 g/mol. The van der Waals surface area contributed by atoms with Crippen molar-refractivity contribution in [2.45, 2.75) is 45.6 Å². The van der Waals surface area contributed by atoms with Gasteiger partial charge in [0.15, 0.2) is 0 Å². The molecule has 21 heavy (non-hydrogen) atoms. The van der Waals surface area contributed by atoms with Crippen molar-refractivity contribution >= 4 is 5.91 Å². The summed E-state index contributed by atoms with van der Waals surface area (Å²) in [6.45, 7) is 5.91. The summed E-state index contributed by atoms with van der Waals surface area (Å²) < 4.78 is 5.87. The van der Waals surface area contributed by atoms with Crippen molar-refractivity contribution in [3.8, 4) is 5.75 Å². The number of hydrogen-bond donors (Lipinski definition) is 2. The summed E-state index contributed by atoms with van der Waals surface area (Å²) in [5.74, 6) is 0.979. The number of rotatable bonds is 10. The first-order valence-electron chi connectivity index (χ1n) is 7.88. The lowest BCUT2D eigenvalue weighted by molar-refractivity contribution is -0.120. The van der Waals surface area contributed by atoms with E-state index >= 15 is 0 Å². The van der Waals surface area contributed by atoms with Gasteiger partial charge in [-0.25, -0.2) is 0 Å². The summed E-state index contributed by atoms with van der Waals surface area (Å²) in [6, 6.07) is 8.48. The number of nitrogens with one attached hydrogen (secondary N) is 2. The maximum absolute atomic E-state index is 11.2. The smallest absolute Gasteiger partial charge is 0.219 e. The molecule has 1 aromatic carbocycles. The molecule has 0 aromatic heterocycles. The van der Waals surface area contributed by atoms with E-state index in [-0.39, 0.29) is 5.91 Å². The molecular formula is C17H28N2O2. The van der Waals surface area contributed by atoms with E-state index in [4.69, 9.17) is 4.74 Å². The van der Waals surface area contributed by atoms with E-state index < -0.39 is 0 Å². The van der Waals surface area contributed by atoms with Gasteiger partial charge in [0.1, 0.15) is 5.75 Å². The minimum absolute atomic E-state index is 0.0583. The summed E-state index contributed by atoms with van der Waals surface area (Å²) in [5.41, 5.74) is 1.20. The van der Waals surface area contributed by atoms with Gasteiger partial charge in [-0.2, -0.15) is 0 Å². The number of para-hydroxylation sites is 1. The van der Waals surface area contributed by atoms with Crippen LogP contribution in [0.25, 0.3) is 0 Å². The maximum Gasteiger partial charge on any atom is 0.219 e. The second-order valence-corrected chi connectivity index (χ2v) is 5.08. The molecule has 0 spiro atoms. The van der Waals surface area contributed by atoms with E-state index in [2.05, 4.69) is 30.5 Å². The SMILES string of the molecule is CCCNC(CC)c1ccccc1OCCCC(=O)NC. The van der Waals surface area contributed by atoms with Crippen LogP contribution in [-0.2, 0) is 4.79 Å². The highest BCUT2D eigenvalue weighted by Gasteiger charge is 2.13. The first-order chi connectivity index (χ1) is 10.2. The average Bonchev–Trinajstić information content (AvgIpc) is 2.53.